The van der Waals surface area contributed by atoms with E-state index in [0.717, 1.165) is 15.7 Å². The van der Waals surface area contributed by atoms with Gasteiger partial charge in [-0.3, -0.25) is 9.59 Å². The second-order valence-corrected chi connectivity index (χ2v) is 6.61. The van der Waals surface area contributed by atoms with E-state index in [1.165, 1.54) is 0 Å². The predicted octanol–water partition coefficient (Wildman–Crippen LogP) is 3.46. The van der Waals surface area contributed by atoms with Gasteiger partial charge in [-0.1, -0.05) is 30.3 Å². The SMILES string of the molecule is C[C@H]1C[C@H](C(N)=O)c2ccccc2N1C(=O)c1ccccc1Br. The van der Waals surface area contributed by atoms with E-state index < -0.39 is 0 Å². The topological polar surface area (TPSA) is 63.4 Å². The van der Waals surface area contributed by atoms with E-state index in [1.54, 1.807) is 11.0 Å². The Morgan fingerprint density at radius 3 is 2.48 bits per heavy atom. The molecule has 2 aromatic rings. The summed E-state index contributed by atoms with van der Waals surface area (Å²) < 4.78 is 0.756. The number of para-hydroxylation sites is 1. The summed E-state index contributed by atoms with van der Waals surface area (Å²) >= 11 is 3.44. The van der Waals surface area contributed by atoms with Crippen molar-refractivity contribution in [1.82, 2.24) is 0 Å². The number of anilines is 1. The average Bonchev–Trinajstić information content (AvgIpc) is 2.54. The van der Waals surface area contributed by atoms with Gasteiger partial charge in [-0.2, -0.15) is 0 Å². The van der Waals surface area contributed by atoms with Gasteiger partial charge in [0.05, 0.1) is 11.5 Å². The van der Waals surface area contributed by atoms with Crippen molar-refractivity contribution in [2.24, 2.45) is 5.73 Å². The quantitative estimate of drug-likeness (QED) is 0.876. The van der Waals surface area contributed by atoms with Crippen molar-refractivity contribution in [3.63, 3.8) is 0 Å². The molecule has 2 aromatic carbocycles. The molecular weight excluding hydrogens is 356 g/mol. The maximum atomic E-state index is 13.0. The molecule has 2 amide bonds. The molecule has 0 saturated heterocycles. The molecule has 2 N–H and O–H groups in total. The third kappa shape index (κ3) is 2.77. The van der Waals surface area contributed by atoms with E-state index >= 15 is 0 Å². The zero-order chi connectivity index (χ0) is 16.6. The van der Waals surface area contributed by atoms with Crippen LogP contribution in [0.1, 0.15) is 35.2 Å². The van der Waals surface area contributed by atoms with Crippen LogP contribution >= 0.6 is 15.9 Å². The maximum absolute atomic E-state index is 13.0. The number of primary amides is 1. The Balaban J connectivity index is 2.09. The summed E-state index contributed by atoms with van der Waals surface area (Å²) in [6.07, 6.45) is 0.530. The molecule has 1 aliphatic heterocycles. The van der Waals surface area contributed by atoms with Crippen molar-refractivity contribution in [2.45, 2.75) is 25.3 Å². The number of amides is 2. The number of rotatable bonds is 2. The van der Waals surface area contributed by atoms with E-state index in [-0.39, 0.29) is 23.8 Å². The minimum Gasteiger partial charge on any atom is -0.369 e. The number of benzene rings is 2. The van der Waals surface area contributed by atoms with Gasteiger partial charge in [0.25, 0.3) is 5.91 Å². The standard InChI is InChI=1S/C18H17BrN2O2/c1-11-10-14(17(20)22)12-6-3-5-9-16(12)21(11)18(23)13-7-2-4-8-15(13)19/h2-9,11,14H,10H2,1H3,(H2,20,22)/t11-,14-/m0/s1. The number of nitrogens with two attached hydrogens (primary N) is 1. The molecule has 0 aliphatic carbocycles. The number of carbonyl (C=O) groups excluding carboxylic acids is 2. The summed E-state index contributed by atoms with van der Waals surface area (Å²) in [6, 6.07) is 14.7. The van der Waals surface area contributed by atoms with E-state index in [1.807, 2.05) is 49.4 Å². The highest BCUT2D eigenvalue weighted by Crippen LogP contribution is 2.39. The van der Waals surface area contributed by atoms with Crippen LogP contribution in [0.2, 0.25) is 0 Å². The molecule has 5 heteroatoms. The van der Waals surface area contributed by atoms with Gasteiger partial charge in [0.1, 0.15) is 0 Å². The van der Waals surface area contributed by atoms with Crippen molar-refractivity contribution < 1.29 is 9.59 Å². The molecule has 0 radical (unpaired) electrons. The zero-order valence-electron chi connectivity index (χ0n) is 12.7. The predicted molar refractivity (Wildman–Crippen MR) is 93.4 cm³/mol. The summed E-state index contributed by atoms with van der Waals surface area (Å²) in [5, 5.41) is 0. The highest BCUT2D eigenvalue weighted by atomic mass is 79.9. The summed E-state index contributed by atoms with van der Waals surface area (Å²) in [7, 11) is 0. The van der Waals surface area contributed by atoms with Crippen LogP contribution in [-0.4, -0.2) is 17.9 Å². The number of hydrogen-bond acceptors (Lipinski definition) is 2. The van der Waals surface area contributed by atoms with Gasteiger partial charge in [-0.05, 0) is 53.0 Å². The molecule has 4 nitrogen and oxygen atoms in total. The monoisotopic (exact) mass is 372 g/mol. The van der Waals surface area contributed by atoms with E-state index in [2.05, 4.69) is 15.9 Å². The summed E-state index contributed by atoms with van der Waals surface area (Å²) in [5.41, 5.74) is 7.73. The van der Waals surface area contributed by atoms with Crippen molar-refractivity contribution in [3.05, 3.63) is 64.1 Å². The Hall–Kier alpha value is -2.14. The largest absolute Gasteiger partial charge is 0.369 e. The Labute approximate surface area is 143 Å². The summed E-state index contributed by atoms with van der Waals surface area (Å²) in [4.78, 5) is 26.6. The molecule has 0 unspecified atom stereocenters. The number of carbonyl (C=O) groups is 2. The van der Waals surface area contributed by atoms with Crippen LogP contribution in [-0.2, 0) is 4.79 Å². The molecule has 0 spiro atoms. The van der Waals surface area contributed by atoms with Gasteiger partial charge < -0.3 is 10.6 Å². The Morgan fingerprint density at radius 1 is 1.13 bits per heavy atom. The lowest BCUT2D eigenvalue weighted by Gasteiger charge is -2.38. The van der Waals surface area contributed by atoms with E-state index in [9.17, 15) is 9.59 Å². The fourth-order valence-corrected chi connectivity index (χ4v) is 3.61. The van der Waals surface area contributed by atoms with E-state index in [0.29, 0.717) is 12.0 Å². The maximum Gasteiger partial charge on any atom is 0.259 e. The molecule has 2 atom stereocenters. The molecule has 1 heterocycles. The smallest absolute Gasteiger partial charge is 0.259 e. The molecular formula is C18H17BrN2O2. The lowest BCUT2D eigenvalue weighted by molar-refractivity contribution is -0.119. The van der Waals surface area contributed by atoms with Gasteiger partial charge in [0.2, 0.25) is 5.91 Å². The Bertz CT molecular complexity index is 775. The van der Waals surface area contributed by atoms with Gasteiger partial charge in [-0.15, -0.1) is 0 Å². The normalized spacial score (nSPS) is 20.0. The Kier molecular flexibility index (Phi) is 4.22. The second-order valence-electron chi connectivity index (χ2n) is 5.75. The van der Waals surface area contributed by atoms with Crippen molar-refractivity contribution in [1.29, 1.82) is 0 Å². The van der Waals surface area contributed by atoms with Gasteiger partial charge in [0, 0.05) is 16.2 Å². The highest BCUT2D eigenvalue weighted by Gasteiger charge is 2.36. The second kappa shape index (κ2) is 6.16. The van der Waals surface area contributed by atoms with Crippen molar-refractivity contribution in [2.75, 3.05) is 4.90 Å². The summed E-state index contributed by atoms with van der Waals surface area (Å²) in [6.45, 7) is 1.95. The van der Waals surface area contributed by atoms with Crippen molar-refractivity contribution in [3.8, 4) is 0 Å². The molecule has 0 fully saturated rings. The molecule has 0 saturated carbocycles. The number of hydrogen-bond donors (Lipinski definition) is 1. The minimum atomic E-state index is -0.357. The molecule has 23 heavy (non-hydrogen) atoms. The first-order valence-corrected chi connectivity index (χ1v) is 8.26. The van der Waals surface area contributed by atoms with Crippen LogP contribution in [0.15, 0.2) is 53.0 Å². The first-order valence-electron chi connectivity index (χ1n) is 7.47. The van der Waals surface area contributed by atoms with Crippen LogP contribution in [0.3, 0.4) is 0 Å². The molecule has 1 aliphatic rings. The fraction of sp³-hybridized carbons (Fsp3) is 0.222. The average molecular weight is 373 g/mol. The third-order valence-electron chi connectivity index (χ3n) is 4.26. The number of halogens is 1. The Morgan fingerprint density at radius 2 is 1.78 bits per heavy atom. The van der Waals surface area contributed by atoms with Crippen LogP contribution in [0.25, 0.3) is 0 Å². The lowest BCUT2D eigenvalue weighted by atomic mass is 9.85. The zero-order valence-corrected chi connectivity index (χ0v) is 14.3. The lowest BCUT2D eigenvalue weighted by Crippen LogP contribution is -2.45. The van der Waals surface area contributed by atoms with Gasteiger partial charge in [-0.25, -0.2) is 0 Å². The third-order valence-corrected chi connectivity index (χ3v) is 4.95. The first-order chi connectivity index (χ1) is 11.0. The fourth-order valence-electron chi connectivity index (χ4n) is 3.16. The number of nitrogens with zero attached hydrogens (tertiary/aromatic N) is 1. The van der Waals surface area contributed by atoms with E-state index in [4.69, 9.17) is 5.73 Å². The molecule has 3 rings (SSSR count). The van der Waals surface area contributed by atoms with Gasteiger partial charge in [0.15, 0.2) is 0 Å². The van der Waals surface area contributed by atoms with Gasteiger partial charge >= 0.3 is 0 Å². The van der Waals surface area contributed by atoms with Crippen LogP contribution in [0, 0.1) is 0 Å². The van der Waals surface area contributed by atoms with Crippen LogP contribution in [0.5, 0.6) is 0 Å². The van der Waals surface area contributed by atoms with Crippen molar-refractivity contribution >= 4 is 33.4 Å². The van der Waals surface area contributed by atoms with Crippen LogP contribution < -0.4 is 10.6 Å². The molecule has 0 aromatic heterocycles. The minimum absolute atomic E-state index is 0.0830. The highest BCUT2D eigenvalue weighted by molar-refractivity contribution is 9.10. The number of fused-ring (bicyclic) bond motifs is 1. The molecule has 118 valence electrons. The first kappa shape index (κ1) is 15.7. The molecule has 0 bridgehead atoms. The van der Waals surface area contributed by atoms with Crippen LogP contribution in [0.4, 0.5) is 5.69 Å². The summed E-state index contributed by atoms with van der Waals surface area (Å²) in [5.74, 6) is -0.790.